The topological polar surface area (TPSA) is 345 Å². The molecular weight excluding hydrogens is 2000 g/mol. The third-order valence-electron chi connectivity index (χ3n) is 21.8. The van der Waals surface area contributed by atoms with Gasteiger partial charge in [-0.3, -0.25) is 0 Å². The summed E-state index contributed by atoms with van der Waals surface area (Å²) in [7, 11) is -29.7. The van der Waals surface area contributed by atoms with Crippen molar-refractivity contribution in [2.75, 3.05) is 165 Å². The Morgan fingerprint density at radius 2 is 0.536 bits per heavy atom. The summed E-state index contributed by atoms with van der Waals surface area (Å²) in [6.07, 6.45) is 4.85. The van der Waals surface area contributed by atoms with E-state index in [0.29, 0.717) is 113 Å². The van der Waals surface area contributed by atoms with Gasteiger partial charge >= 0.3 is 112 Å². The first-order chi connectivity index (χ1) is 58.2. The molecule has 7 fully saturated rings. The second-order valence-corrected chi connectivity index (χ2v) is 113. The molecule has 19 atom stereocenters. The smallest absolute Gasteiger partial charge is 0.442 e. The fourth-order valence-electron chi connectivity index (χ4n) is 15.0. The van der Waals surface area contributed by atoms with Crippen molar-refractivity contribution in [3.05, 3.63) is 0 Å². The first-order valence-electron chi connectivity index (χ1n) is 44.5. The normalized spacial score (nSPS) is 31.4. The van der Waals surface area contributed by atoms with Crippen LogP contribution in [0.25, 0.3) is 0 Å². The Balaban J connectivity index is 0.000000352. The summed E-state index contributed by atoms with van der Waals surface area (Å²) < 4.78 is 217. The lowest BCUT2D eigenvalue weighted by atomic mass is 10.5. The lowest BCUT2D eigenvalue weighted by Gasteiger charge is -2.44. The van der Waals surface area contributed by atoms with E-state index in [4.69, 9.17) is 157 Å². The van der Waals surface area contributed by atoms with Gasteiger partial charge in [-0.05, 0) is 198 Å². The number of epoxide rings is 4. The molecule has 7 rings (SSSR count). The van der Waals surface area contributed by atoms with Gasteiger partial charge in [-0.1, -0.05) is 26.2 Å². The highest BCUT2D eigenvalue weighted by Crippen LogP contribution is 2.39. The van der Waals surface area contributed by atoms with Crippen molar-refractivity contribution >= 4 is 192 Å². The summed E-state index contributed by atoms with van der Waals surface area (Å²) in [6.45, 7) is 58.7. The van der Waals surface area contributed by atoms with Crippen LogP contribution in [0.3, 0.4) is 0 Å². The van der Waals surface area contributed by atoms with E-state index >= 15 is 0 Å². The van der Waals surface area contributed by atoms with Crippen molar-refractivity contribution in [1.29, 1.82) is 0 Å². The molecule has 0 amide bonds. The molecule has 0 N–H and O–H groups in total. The van der Waals surface area contributed by atoms with Crippen molar-refractivity contribution in [3.63, 3.8) is 0 Å². The Kier molecular flexibility index (Phi) is 54.1. The molecule has 0 saturated carbocycles. The molecule has 0 radical (unpaired) electrons. The quantitative estimate of drug-likeness (QED) is 0.0310. The lowest BCUT2D eigenvalue weighted by molar-refractivity contribution is 0.114. The number of hydrogen-bond acceptors (Lipinski definition) is 36. The van der Waals surface area contributed by atoms with Gasteiger partial charge in [-0.2, -0.15) is 0 Å². The molecule has 58 heteroatoms. The van der Waals surface area contributed by atoms with Gasteiger partial charge in [0, 0.05) is 136 Å². The SMILES string of the molecule is CO[Si](CC[Si](C)(O[SiH](C)[Si](C)(C)C)O[Si](C)(C)O[Si](C)(CCCOCC1CO1)O[Si](C)(C)C)(OC)OC.CO[Si](CC[Si]1(C)O[SiH](C)O[SiH](C)O[Si](C)(CCCOCC2CO2)O1)(OC)OC.CO[Si](CC[Si]1(C)O[SiH](C)O[SiH](C)O[Si](C)(CC[Si](OC)(OC)OC)O1)(OC)OC.C[SiH]1O[SiH](C)O[Si](C)(CCCOCC2CO2)O[Si](C)(CCCOCC2CO2)O1. The fraction of sp³-hybridized carbons (Fsp3) is 1.00. The molecular formula is C67H172O36Si22. The summed E-state index contributed by atoms with van der Waals surface area (Å²) >= 11 is 0. The van der Waals surface area contributed by atoms with E-state index in [1.165, 1.54) is 0 Å². The van der Waals surface area contributed by atoms with E-state index < -0.39 is 192 Å². The molecule has 0 aliphatic carbocycles. The third kappa shape index (κ3) is 47.9. The van der Waals surface area contributed by atoms with Crippen LogP contribution in [0.4, 0.5) is 0 Å². The lowest BCUT2D eigenvalue weighted by Crippen LogP contribution is -2.61. The van der Waals surface area contributed by atoms with Crippen molar-refractivity contribution in [2.24, 2.45) is 0 Å². The van der Waals surface area contributed by atoms with E-state index in [1.54, 1.807) is 85.3 Å². The van der Waals surface area contributed by atoms with Crippen LogP contribution < -0.4 is 0 Å². The van der Waals surface area contributed by atoms with E-state index in [2.05, 4.69) is 131 Å². The highest BCUT2D eigenvalue weighted by Gasteiger charge is 2.56. The van der Waals surface area contributed by atoms with Crippen LogP contribution in [-0.4, -0.2) is 381 Å². The summed E-state index contributed by atoms with van der Waals surface area (Å²) in [5.74, 6) is 0. The molecule has 7 heterocycles. The first-order valence-corrected chi connectivity index (χ1v) is 98.2. The Labute approximate surface area is 781 Å². The summed E-state index contributed by atoms with van der Waals surface area (Å²) in [5.41, 5.74) is 0. The van der Waals surface area contributed by atoms with Crippen LogP contribution >= 0.6 is 0 Å². The molecule has 36 nitrogen and oxygen atoms in total. The zero-order chi connectivity index (χ0) is 94.1. The predicted molar refractivity (Wildman–Crippen MR) is 531 cm³/mol. The minimum absolute atomic E-state index is 0.286. The second-order valence-electron chi connectivity index (χ2n) is 36.6. The minimum atomic E-state index is -2.76. The summed E-state index contributed by atoms with van der Waals surface area (Å²) in [4.78, 5) is 0. The molecule has 0 spiro atoms. The molecule has 125 heavy (non-hydrogen) atoms. The van der Waals surface area contributed by atoms with Gasteiger partial charge in [0.2, 0.25) is 0 Å². The van der Waals surface area contributed by atoms with Gasteiger partial charge in [0.15, 0.2) is 8.32 Å². The maximum Gasteiger partial charge on any atom is 0.500 e. The molecule has 744 valence electrons. The van der Waals surface area contributed by atoms with Crippen molar-refractivity contribution in [1.82, 2.24) is 0 Å². The van der Waals surface area contributed by atoms with Crippen LogP contribution in [0, 0.1) is 0 Å². The Hall–Kier alpha value is 3.33. The van der Waals surface area contributed by atoms with Gasteiger partial charge in [-0.25, -0.2) is 0 Å². The zero-order valence-corrected chi connectivity index (χ0v) is 106. The van der Waals surface area contributed by atoms with Gasteiger partial charge in [0.1, 0.15) is 33.0 Å². The number of hydrogen-bond donors (Lipinski definition) is 0. The van der Waals surface area contributed by atoms with Crippen LogP contribution in [0.5, 0.6) is 0 Å². The molecule has 7 aliphatic heterocycles. The van der Waals surface area contributed by atoms with Crippen LogP contribution in [0.2, 0.25) is 223 Å². The average Bonchev–Trinajstić information content (AvgIpc) is 1.60. The largest absolute Gasteiger partial charge is 0.500 e. The standard InChI is InChI=1S/C22H58O9Si7.C16H36O8Si4.C15H38O9Si5.C14H40O10Si6/c1-23-38(24-2,25-3)19-18-36(13,28-32(4)34(8,9)10)30-35(11,12)31-37(14,29-33(5,6)7)17-15-16-26-20-22-21-27-22;1-25-21-26(2)23-28(4,10-6-8-18-12-16-14-20-16)24-27(3,22-25)9-5-7-17-11-15-13-19-15;1-16-29(17-2,18-3)12-11-28(7)23-26(5)21-25(4)22-27(6,24-28)10-8-9-19-13-15-14-20-15;1-15-29(16-2,17-3)13-11-27(9)22-25(7)21-26(8)23-28(10,24-27)12-14-30(18-4,19-5)20-6/h22,32H,15-21H2,1-14H3;15-16,25-26H,5-14H2,1-4H3;15,25-26H,8-14H2,1-7H3;25-26H,11-14H2,1-10H3. The van der Waals surface area contributed by atoms with Gasteiger partial charge in [0.05, 0.1) is 60.4 Å². The van der Waals surface area contributed by atoms with E-state index in [1.807, 2.05) is 19.6 Å². The average molecular weight is 2170 g/mol. The van der Waals surface area contributed by atoms with Crippen molar-refractivity contribution in [3.8, 4) is 0 Å². The number of ether oxygens (including phenoxy) is 8. The first kappa shape index (κ1) is 121. The maximum atomic E-state index is 7.07. The van der Waals surface area contributed by atoms with Gasteiger partial charge in [-0.15, -0.1) is 0 Å². The Morgan fingerprint density at radius 1 is 0.304 bits per heavy atom. The predicted octanol–water partition coefficient (Wildman–Crippen LogP) is 9.97. The van der Waals surface area contributed by atoms with E-state index in [0.717, 1.165) is 82.3 Å². The monoisotopic (exact) mass is 2170 g/mol. The maximum absolute atomic E-state index is 7.07. The molecule has 19 unspecified atom stereocenters. The fourth-order valence-corrected chi connectivity index (χ4v) is 109. The second kappa shape index (κ2) is 56.1. The molecule has 7 saturated heterocycles. The zero-order valence-electron chi connectivity index (χ0n) is 83.3. The molecule has 0 aromatic heterocycles. The molecule has 0 bridgehead atoms. The van der Waals surface area contributed by atoms with Crippen LogP contribution in [0.1, 0.15) is 25.7 Å². The summed E-state index contributed by atoms with van der Waals surface area (Å²) in [5, 5.41) is 0. The van der Waals surface area contributed by atoms with Gasteiger partial charge in [0.25, 0.3) is 55.7 Å². The van der Waals surface area contributed by atoms with Crippen molar-refractivity contribution < 1.29 is 157 Å². The van der Waals surface area contributed by atoms with Crippen molar-refractivity contribution in [2.45, 2.75) is 273 Å². The highest BCUT2D eigenvalue weighted by atomic mass is 29.2. The molecule has 0 aromatic carbocycles. The molecule has 0 aromatic rings. The Morgan fingerprint density at radius 3 is 0.768 bits per heavy atom. The third-order valence-corrected chi connectivity index (χ3v) is 110. The van der Waals surface area contributed by atoms with E-state index in [-0.39, 0.29) is 6.10 Å². The Bertz CT molecular complexity index is 2820. The van der Waals surface area contributed by atoms with Crippen LogP contribution in [-0.2, 0) is 157 Å². The van der Waals surface area contributed by atoms with Crippen LogP contribution in [0.15, 0.2) is 0 Å². The number of rotatable bonds is 57. The highest BCUT2D eigenvalue weighted by molar-refractivity contribution is 7.30. The van der Waals surface area contributed by atoms with E-state index in [9.17, 15) is 0 Å². The van der Waals surface area contributed by atoms with Gasteiger partial charge < -0.3 is 157 Å². The molecule has 7 aliphatic rings. The summed E-state index contributed by atoms with van der Waals surface area (Å²) in [6, 6.07) is 8.80. The minimum Gasteiger partial charge on any atom is -0.442 e.